The fourth-order valence-electron chi connectivity index (χ4n) is 2.22. The number of allylic oxidation sites excluding steroid dienone is 8. The van der Waals surface area contributed by atoms with Crippen LogP contribution in [0.1, 0.15) is 27.2 Å². The van der Waals surface area contributed by atoms with Gasteiger partial charge in [0.1, 0.15) is 23.1 Å². The molecule has 0 aromatic heterocycles. The van der Waals surface area contributed by atoms with Crippen molar-refractivity contribution >= 4 is 6.88 Å². The second-order valence-corrected chi connectivity index (χ2v) is 6.36. The number of halogens is 2. The van der Waals surface area contributed by atoms with E-state index in [9.17, 15) is 8.78 Å². The normalized spacial score (nSPS) is 13.9. The molecular weight excluding hydrogens is 514 g/mol. The van der Waals surface area contributed by atoms with Crippen molar-refractivity contribution in [2.45, 2.75) is 27.2 Å². The van der Waals surface area contributed by atoms with Crippen LogP contribution in [0.15, 0.2) is 84.0 Å². The Hall–Kier alpha value is -2.04. The minimum absolute atomic E-state index is 0. The van der Waals surface area contributed by atoms with Gasteiger partial charge in [-0.1, -0.05) is 19.8 Å². The number of hydrogen-bond acceptors (Lipinski definition) is 2. The predicted molar refractivity (Wildman–Crippen MR) is 134 cm³/mol. The van der Waals surface area contributed by atoms with E-state index in [4.69, 9.17) is 10.2 Å². The summed E-state index contributed by atoms with van der Waals surface area (Å²) < 4.78 is 24.0. The average molecular weight is 548 g/mol. The standard InChI is InChI=1S/C8H11.2C6H5FO.C5H5.2CH3.H2Si.Zr/c1-6-4-7(2)8(3)5-6;2*7-5-1-3-6(8)4-2-5;1-2-4-5-3-1;;;;/h4,6H,1-3H3;2*1-4,8H;1-3H,4H2;2*1H3;1H2;/q-1;;;3*-1;;. The molecule has 2 N–H and O–H groups in total. The first-order chi connectivity index (χ1) is 14.8. The Morgan fingerprint density at radius 2 is 1.30 bits per heavy atom. The number of aromatic hydroxyl groups is 2. The average Bonchev–Trinajstić information content (AvgIpc) is 3.43. The van der Waals surface area contributed by atoms with Gasteiger partial charge >= 0.3 is 30.2 Å². The van der Waals surface area contributed by atoms with Crippen LogP contribution in [0.5, 0.6) is 11.5 Å². The van der Waals surface area contributed by atoms with Crippen LogP contribution in [0.2, 0.25) is 0 Å². The van der Waals surface area contributed by atoms with E-state index in [0.717, 1.165) is 6.42 Å². The van der Waals surface area contributed by atoms with Crippen molar-refractivity contribution in [3.63, 3.8) is 0 Å². The molecule has 2 aromatic rings. The predicted octanol–water partition coefficient (Wildman–Crippen LogP) is 6.68. The Morgan fingerprint density at radius 1 is 0.879 bits per heavy atom. The van der Waals surface area contributed by atoms with E-state index in [0.29, 0.717) is 5.92 Å². The quantitative estimate of drug-likeness (QED) is 0.285. The van der Waals surface area contributed by atoms with Crippen LogP contribution in [0.4, 0.5) is 8.78 Å². The minimum atomic E-state index is -0.331. The zero-order valence-corrected chi connectivity index (χ0v) is 23.9. The first-order valence-corrected chi connectivity index (χ1v) is 15.4. The summed E-state index contributed by atoms with van der Waals surface area (Å²) in [6.45, 7) is 8.34. The number of hydrogen-bond donors (Lipinski definition) is 2. The van der Waals surface area contributed by atoms with Crippen molar-refractivity contribution in [3.8, 4) is 11.5 Å². The molecule has 2 nitrogen and oxygen atoms in total. The van der Waals surface area contributed by atoms with Crippen LogP contribution >= 0.6 is 0 Å². The number of phenolic OH excluding ortho intramolecular Hbond substituents is 2. The molecule has 0 heterocycles. The van der Waals surface area contributed by atoms with Gasteiger partial charge in [-0.25, -0.2) is 32.1 Å². The summed E-state index contributed by atoms with van der Waals surface area (Å²) in [6, 6.07) is 10.0. The van der Waals surface area contributed by atoms with Crippen molar-refractivity contribution in [2.75, 3.05) is 0 Å². The third kappa shape index (κ3) is 19.2. The Kier molecular flexibility index (Phi) is 23.5. The number of phenols is 2. The van der Waals surface area contributed by atoms with Crippen molar-refractivity contribution in [1.29, 1.82) is 0 Å². The molecule has 2 aliphatic rings. The van der Waals surface area contributed by atoms with E-state index in [-0.39, 0.29) is 38.0 Å². The van der Waals surface area contributed by atoms with Crippen molar-refractivity contribution in [3.05, 3.63) is 123 Å². The Labute approximate surface area is 215 Å². The molecule has 4 rings (SSSR count). The van der Waals surface area contributed by atoms with Crippen LogP contribution in [-0.4, -0.2) is 17.1 Å². The molecule has 0 spiro atoms. The zero-order chi connectivity index (χ0) is 23.6. The molecule has 180 valence electrons. The first-order valence-electron chi connectivity index (χ1n) is 9.53. The van der Waals surface area contributed by atoms with Crippen LogP contribution in [0.3, 0.4) is 0 Å². The maximum absolute atomic E-state index is 12.0. The van der Waals surface area contributed by atoms with Gasteiger partial charge in [-0.05, 0) is 48.5 Å². The summed E-state index contributed by atoms with van der Waals surface area (Å²) in [5, 5.41) is 17.2. The molecular formula is C27H34F2O2SiZr-4. The van der Waals surface area contributed by atoms with Crippen LogP contribution in [0, 0.1) is 44.6 Å². The van der Waals surface area contributed by atoms with Crippen molar-refractivity contribution < 1.29 is 42.3 Å². The molecule has 0 saturated carbocycles. The molecule has 1 atom stereocenters. The van der Waals surface area contributed by atoms with E-state index < -0.39 is 0 Å². The topological polar surface area (TPSA) is 40.5 Å². The third-order valence-corrected chi connectivity index (χ3v) is 3.77. The van der Waals surface area contributed by atoms with Gasteiger partial charge in [-0.15, -0.1) is 13.3 Å². The van der Waals surface area contributed by atoms with Gasteiger partial charge in [0.25, 0.3) is 0 Å². The second-order valence-electron chi connectivity index (χ2n) is 6.36. The summed E-state index contributed by atoms with van der Waals surface area (Å²) in [4.78, 5) is 0. The van der Waals surface area contributed by atoms with E-state index in [1.54, 1.807) is 23.3 Å². The van der Waals surface area contributed by atoms with Crippen molar-refractivity contribution in [2.24, 2.45) is 5.92 Å². The van der Waals surface area contributed by atoms with Crippen LogP contribution < -0.4 is 0 Å². The van der Waals surface area contributed by atoms with Gasteiger partial charge in [0, 0.05) is 0 Å². The summed E-state index contributed by atoms with van der Waals surface area (Å²) in [6.07, 6.45) is 15.5. The SMILES string of the molecule is CC1=[C-]C(C)C=C1C.Oc1ccc(F)cc1.Oc1ccc(F)cc1.[C-]1=CC=CC1.[CH3-].[CH3-].[SiH2]=[Zr]. The molecule has 1 unspecified atom stereocenters. The second kappa shape index (κ2) is 21.8. The Bertz CT molecular complexity index is 760. The molecule has 2 aromatic carbocycles. The fourth-order valence-corrected chi connectivity index (χ4v) is 2.22. The monoisotopic (exact) mass is 546 g/mol. The van der Waals surface area contributed by atoms with Gasteiger partial charge in [0.2, 0.25) is 0 Å². The van der Waals surface area contributed by atoms with Gasteiger partial charge in [-0.3, -0.25) is 12.2 Å². The summed E-state index contributed by atoms with van der Waals surface area (Å²) in [5.74, 6) is 0.0680. The summed E-state index contributed by atoms with van der Waals surface area (Å²) >= 11 is 1.58. The molecule has 0 amide bonds. The van der Waals surface area contributed by atoms with E-state index in [1.807, 2.05) is 19.0 Å². The Morgan fingerprint density at radius 3 is 1.45 bits per heavy atom. The molecule has 6 heteroatoms. The van der Waals surface area contributed by atoms with Gasteiger partial charge in [-0.2, -0.15) is 12.2 Å². The molecule has 0 radical (unpaired) electrons. The molecule has 0 aliphatic heterocycles. The van der Waals surface area contributed by atoms with E-state index in [2.05, 4.69) is 45.1 Å². The number of benzene rings is 2. The molecule has 2 aliphatic carbocycles. The van der Waals surface area contributed by atoms with E-state index >= 15 is 0 Å². The maximum atomic E-state index is 12.0. The summed E-state index contributed by atoms with van der Waals surface area (Å²) in [7, 11) is 0. The third-order valence-electron chi connectivity index (χ3n) is 3.77. The van der Waals surface area contributed by atoms with Crippen LogP contribution in [0.25, 0.3) is 0 Å². The van der Waals surface area contributed by atoms with Gasteiger partial charge in [0.05, 0.1) is 0 Å². The molecule has 0 fully saturated rings. The summed E-state index contributed by atoms with van der Waals surface area (Å²) in [5.41, 5.74) is 2.70. The number of rotatable bonds is 0. The Balaban J connectivity index is -0.000000351. The molecule has 0 bridgehead atoms. The van der Waals surface area contributed by atoms with Crippen molar-refractivity contribution in [1.82, 2.24) is 0 Å². The van der Waals surface area contributed by atoms with Gasteiger partial charge in [0.15, 0.2) is 0 Å². The van der Waals surface area contributed by atoms with Crippen LogP contribution in [-0.2, 0) is 23.3 Å². The first kappa shape index (κ1) is 35.5. The van der Waals surface area contributed by atoms with E-state index in [1.165, 1.54) is 59.7 Å². The molecule has 33 heavy (non-hydrogen) atoms. The van der Waals surface area contributed by atoms with Gasteiger partial charge < -0.3 is 25.1 Å². The molecule has 0 saturated heterocycles. The zero-order valence-electron chi connectivity index (χ0n) is 20.1. The fraction of sp³-hybridized carbons (Fsp3) is 0.185.